The van der Waals surface area contributed by atoms with E-state index >= 15 is 0 Å². The Bertz CT molecular complexity index is 1360. The lowest BCUT2D eigenvalue weighted by molar-refractivity contribution is 0.252. The molecule has 6 nitrogen and oxygen atoms in total. The Balaban J connectivity index is 1.38. The Hall–Kier alpha value is -4.32. The summed E-state index contributed by atoms with van der Waals surface area (Å²) >= 11 is 0. The first-order valence-corrected chi connectivity index (χ1v) is 11.6. The van der Waals surface area contributed by atoms with Gasteiger partial charge in [0.25, 0.3) is 0 Å². The number of carbonyl (C=O) groups is 1. The molecule has 2 amide bonds. The molecule has 178 valence electrons. The zero-order valence-corrected chi connectivity index (χ0v) is 20.2. The van der Waals surface area contributed by atoms with Crippen molar-refractivity contribution >= 4 is 28.7 Å². The molecule has 0 aliphatic heterocycles. The van der Waals surface area contributed by atoms with Gasteiger partial charge < -0.3 is 14.8 Å². The van der Waals surface area contributed by atoms with Crippen LogP contribution in [0, 0.1) is 13.8 Å². The molecule has 0 fully saturated rings. The van der Waals surface area contributed by atoms with Gasteiger partial charge in [0.2, 0.25) is 0 Å². The molecule has 0 saturated heterocycles. The number of carbonyl (C=O) groups excluding carboxylic acids is 1. The zero-order chi connectivity index (χ0) is 24.6. The normalized spacial score (nSPS) is 10.9. The number of hydrogen-bond acceptors (Lipinski definition) is 4. The predicted octanol–water partition coefficient (Wildman–Crippen LogP) is 6.59. The summed E-state index contributed by atoms with van der Waals surface area (Å²) in [5.74, 6) is 1.27. The Labute approximate surface area is 205 Å². The predicted molar refractivity (Wildman–Crippen MR) is 142 cm³/mol. The van der Waals surface area contributed by atoms with Crippen molar-refractivity contribution in [3.05, 3.63) is 101 Å². The molecule has 0 heterocycles. The van der Waals surface area contributed by atoms with Crippen molar-refractivity contribution in [2.75, 3.05) is 11.9 Å². The third-order valence-corrected chi connectivity index (χ3v) is 5.49. The summed E-state index contributed by atoms with van der Waals surface area (Å²) in [6, 6.07) is 25.5. The number of nitrogens with zero attached hydrogens (tertiary/aromatic N) is 1. The molecule has 0 aromatic heterocycles. The average Bonchev–Trinajstić information content (AvgIpc) is 2.85. The fourth-order valence-electron chi connectivity index (χ4n) is 3.75. The highest BCUT2D eigenvalue weighted by atomic mass is 16.5. The molecule has 4 aromatic rings. The molecule has 35 heavy (non-hydrogen) atoms. The maximum absolute atomic E-state index is 12.2. The molecule has 0 unspecified atom stereocenters. The van der Waals surface area contributed by atoms with Crippen LogP contribution in [0.15, 0.2) is 84.0 Å². The molecule has 0 radical (unpaired) electrons. The lowest BCUT2D eigenvalue weighted by atomic mass is 10.1. The van der Waals surface area contributed by atoms with Crippen LogP contribution < -0.4 is 20.2 Å². The molecule has 2 N–H and O–H groups in total. The fourth-order valence-corrected chi connectivity index (χ4v) is 3.75. The lowest BCUT2D eigenvalue weighted by Gasteiger charge is -2.13. The van der Waals surface area contributed by atoms with E-state index in [4.69, 9.17) is 9.47 Å². The summed E-state index contributed by atoms with van der Waals surface area (Å²) in [6.07, 6.45) is 1.57. The van der Waals surface area contributed by atoms with E-state index in [0.717, 1.165) is 27.9 Å². The monoisotopic (exact) mass is 467 g/mol. The van der Waals surface area contributed by atoms with Gasteiger partial charge in [-0.05, 0) is 78.6 Å². The molecule has 0 aliphatic carbocycles. The van der Waals surface area contributed by atoms with Crippen LogP contribution in [-0.2, 0) is 6.61 Å². The van der Waals surface area contributed by atoms with Gasteiger partial charge in [-0.2, -0.15) is 5.10 Å². The maximum Gasteiger partial charge on any atom is 0.339 e. The van der Waals surface area contributed by atoms with Crippen molar-refractivity contribution < 1.29 is 14.3 Å². The Morgan fingerprint density at radius 3 is 2.51 bits per heavy atom. The van der Waals surface area contributed by atoms with Gasteiger partial charge in [-0.1, -0.05) is 54.1 Å². The van der Waals surface area contributed by atoms with E-state index in [0.29, 0.717) is 24.7 Å². The lowest BCUT2D eigenvalue weighted by Crippen LogP contribution is -2.24. The van der Waals surface area contributed by atoms with Gasteiger partial charge in [0.15, 0.2) is 11.5 Å². The van der Waals surface area contributed by atoms with Gasteiger partial charge in [-0.25, -0.2) is 10.2 Å². The van der Waals surface area contributed by atoms with E-state index in [9.17, 15) is 4.79 Å². The summed E-state index contributed by atoms with van der Waals surface area (Å²) in [4.78, 5) is 12.2. The number of urea groups is 1. The largest absolute Gasteiger partial charge is 0.490 e. The van der Waals surface area contributed by atoms with Crippen LogP contribution in [0.25, 0.3) is 10.8 Å². The van der Waals surface area contributed by atoms with Crippen LogP contribution in [0.2, 0.25) is 0 Å². The van der Waals surface area contributed by atoms with Crippen molar-refractivity contribution in [3.63, 3.8) is 0 Å². The van der Waals surface area contributed by atoms with E-state index in [1.807, 2.05) is 69.3 Å². The molecule has 0 bridgehead atoms. The highest BCUT2D eigenvalue weighted by molar-refractivity contribution is 5.91. The van der Waals surface area contributed by atoms with Crippen LogP contribution in [0.3, 0.4) is 0 Å². The highest BCUT2D eigenvalue weighted by Gasteiger charge is 2.08. The summed E-state index contributed by atoms with van der Waals surface area (Å²) in [6.45, 7) is 6.82. The molecule has 0 saturated carbocycles. The Morgan fingerprint density at radius 2 is 1.71 bits per heavy atom. The number of benzene rings is 4. The second-order valence-electron chi connectivity index (χ2n) is 8.25. The third kappa shape index (κ3) is 6.38. The molecular formula is C29H29N3O3. The smallest absolute Gasteiger partial charge is 0.339 e. The number of rotatable bonds is 8. The first-order valence-electron chi connectivity index (χ1n) is 11.6. The van der Waals surface area contributed by atoms with Crippen LogP contribution >= 0.6 is 0 Å². The Morgan fingerprint density at radius 1 is 0.886 bits per heavy atom. The summed E-state index contributed by atoms with van der Waals surface area (Å²) in [7, 11) is 0. The summed E-state index contributed by atoms with van der Waals surface area (Å²) in [5, 5.41) is 9.23. The molecule has 4 aromatic carbocycles. The second-order valence-corrected chi connectivity index (χ2v) is 8.25. The van der Waals surface area contributed by atoms with E-state index in [2.05, 4.69) is 46.2 Å². The molecule has 0 aliphatic rings. The standard InChI is InChI=1S/C29H29N3O3/c1-4-34-28-17-22(18-30-32-29(33)31-26-13-9-20(2)15-21(26)3)11-14-27(28)35-19-23-10-12-24-7-5-6-8-25(24)16-23/h5-18H,4,19H2,1-3H3,(H2,31,32,33)/b30-18-. The van der Waals surface area contributed by atoms with Crippen molar-refractivity contribution in [1.29, 1.82) is 0 Å². The third-order valence-electron chi connectivity index (χ3n) is 5.49. The average molecular weight is 468 g/mol. The minimum Gasteiger partial charge on any atom is -0.490 e. The van der Waals surface area contributed by atoms with Gasteiger partial charge in [-0.15, -0.1) is 0 Å². The van der Waals surface area contributed by atoms with Crippen molar-refractivity contribution in [3.8, 4) is 11.5 Å². The number of hydrogen-bond donors (Lipinski definition) is 2. The van der Waals surface area contributed by atoms with E-state index in [1.54, 1.807) is 6.21 Å². The molecule has 0 spiro atoms. The zero-order valence-electron chi connectivity index (χ0n) is 20.2. The van der Waals surface area contributed by atoms with Crippen LogP contribution in [0.4, 0.5) is 10.5 Å². The van der Waals surface area contributed by atoms with Gasteiger partial charge in [-0.3, -0.25) is 0 Å². The quantitative estimate of drug-likeness (QED) is 0.227. The number of nitrogens with one attached hydrogen (secondary N) is 2. The maximum atomic E-state index is 12.2. The second kappa shape index (κ2) is 11.2. The first kappa shape index (κ1) is 23.8. The van der Waals surface area contributed by atoms with Gasteiger partial charge in [0, 0.05) is 5.69 Å². The van der Waals surface area contributed by atoms with Crippen LogP contribution in [0.1, 0.15) is 29.2 Å². The molecule has 4 rings (SSSR count). The first-order chi connectivity index (χ1) is 17.0. The van der Waals surface area contributed by atoms with Gasteiger partial charge in [0.05, 0.1) is 12.8 Å². The minimum absolute atomic E-state index is 0.409. The summed E-state index contributed by atoms with van der Waals surface area (Å²) < 4.78 is 11.8. The minimum atomic E-state index is -0.409. The molecular weight excluding hydrogens is 438 g/mol. The van der Waals surface area contributed by atoms with E-state index in [-0.39, 0.29) is 0 Å². The van der Waals surface area contributed by atoms with Crippen LogP contribution in [-0.4, -0.2) is 18.9 Å². The number of ether oxygens (including phenoxy) is 2. The molecule has 0 atom stereocenters. The highest BCUT2D eigenvalue weighted by Crippen LogP contribution is 2.29. The van der Waals surface area contributed by atoms with Crippen LogP contribution in [0.5, 0.6) is 11.5 Å². The van der Waals surface area contributed by atoms with E-state index in [1.165, 1.54) is 10.8 Å². The number of hydrazone groups is 1. The topological polar surface area (TPSA) is 72.0 Å². The Kier molecular flexibility index (Phi) is 7.63. The number of aryl methyl sites for hydroxylation is 2. The number of anilines is 1. The van der Waals surface area contributed by atoms with Gasteiger partial charge in [0.1, 0.15) is 6.61 Å². The number of amides is 2. The van der Waals surface area contributed by atoms with Crippen molar-refractivity contribution in [2.45, 2.75) is 27.4 Å². The summed E-state index contributed by atoms with van der Waals surface area (Å²) in [5.41, 5.74) is 7.23. The van der Waals surface area contributed by atoms with Crippen molar-refractivity contribution in [1.82, 2.24) is 5.43 Å². The van der Waals surface area contributed by atoms with Gasteiger partial charge >= 0.3 is 6.03 Å². The number of fused-ring (bicyclic) bond motifs is 1. The SMILES string of the molecule is CCOc1cc(/C=N\NC(=O)Nc2ccc(C)cc2C)ccc1OCc1ccc2ccccc2c1. The fraction of sp³-hybridized carbons (Fsp3) is 0.172. The molecule has 6 heteroatoms. The van der Waals surface area contributed by atoms with E-state index < -0.39 is 6.03 Å². The van der Waals surface area contributed by atoms with Crippen molar-refractivity contribution in [2.24, 2.45) is 5.10 Å².